The first-order valence-corrected chi connectivity index (χ1v) is 9.27. The molecule has 0 aliphatic rings. The number of hydrogen-bond acceptors (Lipinski definition) is 3. The fourth-order valence-corrected chi connectivity index (χ4v) is 3.99. The molecule has 1 aromatic heterocycles. The molecule has 0 spiro atoms. The minimum absolute atomic E-state index is 0.0458. The Morgan fingerprint density at radius 1 is 0.893 bits per heavy atom. The molecule has 0 aliphatic carbocycles. The standard InChI is InChI=1S/C24H23NO3/c1-15-10-16(2)23-19(11-15)22-20(12-18(27-3)13-21(22)28-4)24(26)25(23)14-17-8-6-5-7-9-17/h5-13H,14H2,1-4H3. The van der Waals surface area contributed by atoms with E-state index in [0.717, 1.165) is 33.0 Å². The molecule has 4 rings (SSSR count). The lowest BCUT2D eigenvalue weighted by atomic mass is 9.99. The number of ether oxygens (including phenoxy) is 2. The van der Waals surface area contributed by atoms with Crippen molar-refractivity contribution in [2.75, 3.05) is 14.2 Å². The summed E-state index contributed by atoms with van der Waals surface area (Å²) in [4.78, 5) is 13.6. The summed E-state index contributed by atoms with van der Waals surface area (Å²) in [5.41, 5.74) is 4.20. The fourth-order valence-electron chi connectivity index (χ4n) is 3.99. The molecule has 142 valence electrons. The van der Waals surface area contributed by atoms with Gasteiger partial charge in [0.2, 0.25) is 0 Å². The van der Waals surface area contributed by atoms with Gasteiger partial charge in [-0.05, 0) is 37.1 Å². The van der Waals surface area contributed by atoms with Crippen LogP contribution in [-0.2, 0) is 6.54 Å². The Balaban J connectivity index is 2.19. The molecule has 0 fully saturated rings. The minimum Gasteiger partial charge on any atom is -0.497 e. The third-order valence-electron chi connectivity index (χ3n) is 5.17. The van der Waals surface area contributed by atoms with Crippen LogP contribution in [0.4, 0.5) is 0 Å². The van der Waals surface area contributed by atoms with Crippen LogP contribution in [-0.4, -0.2) is 18.8 Å². The minimum atomic E-state index is -0.0458. The topological polar surface area (TPSA) is 40.5 Å². The summed E-state index contributed by atoms with van der Waals surface area (Å²) in [5.74, 6) is 1.25. The van der Waals surface area contributed by atoms with E-state index in [4.69, 9.17) is 9.47 Å². The lowest BCUT2D eigenvalue weighted by Gasteiger charge is -2.18. The van der Waals surface area contributed by atoms with Gasteiger partial charge in [0.1, 0.15) is 11.5 Å². The van der Waals surface area contributed by atoms with Gasteiger partial charge in [0.25, 0.3) is 5.56 Å². The molecule has 0 amide bonds. The lowest BCUT2D eigenvalue weighted by Crippen LogP contribution is -2.22. The van der Waals surface area contributed by atoms with Gasteiger partial charge in [0, 0.05) is 16.8 Å². The lowest BCUT2D eigenvalue weighted by molar-refractivity contribution is 0.398. The summed E-state index contributed by atoms with van der Waals surface area (Å²) >= 11 is 0. The van der Waals surface area contributed by atoms with Crippen molar-refractivity contribution >= 4 is 21.7 Å². The molecule has 0 aliphatic heterocycles. The molecule has 4 heteroatoms. The maximum atomic E-state index is 13.6. The summed E-state index contributed by atoms with van der Waals surface area (Å²) in [6.07, 6.45) is 0. The smallest absolute Gasteiger partial charge is 0.259 e. The summed E-state index contributed by atoms with van der Waals surface area (Å²) in [6, 6.07) is 17.9. The number of aromatic nitrogens is 1. The molecule has 4 aromatic rings. The van der Waals surface area contributed by atoms with Gasteiger partial charge >= 0.3 is 0 Å². The molecule has 0 N–H and O–H groups in total. The average molecular weight is 373 g/mol. The second-order valence-electron chi connectivity index (χ2n) is 7.11. The first kappa shape index (κ1) is 18.1. The van der Waals surface area contributed by atoms with Crippen molar-refractivity contribution in [1.82, 2.24) is 4.57 Å². The van der Waals surface area contributed by atoms with Gasteiger partial charge in [0.15, 0.2) is 0 Å². The Bertz CT molecular complexity index is 1240. The maximum Gasteiger partial charge on any atom is 0.259 e. The average Bonchev–Trinajstić information content (AvgIpc) is 2.70. The van der Waals surface area contributed by atoms with Crippen LogP contribution in [0.15, 0.2) is 59.4 Å². The maximum absolute atomic E-state index is 13.6. The van der Waals surface area contributed by atoms with Crippen LogP contribution in [0.5, 0.6) is 11.5 Å². The number of methoxy groups -OCH3 is 2. The van der Waals surface area contributed by atoms with Gasteiger partial charge in [-0.1, -0.05) is 42.0 Å². The third kappa shape index (κ3) is 2.91. The molecule has 1 heterocycles. The van der Waals surface area contributed by atoms with Crippen molar-refractivity contribution in [2.45, 2.75) is 20.4 Å². The molecule has 3 aromatic carbocycles. The molecule has 4 nitrogen and oxygen atoms in total. The summed E-state index contributed by atoms with van der Waals surface area (Å²) in [7, 11) is 3.22. The normalized spacial score (nSPS) is 11.1. The highest BCUT2D eigenvalue weighted by Gasteiger charge is 2.18. The van der Waals surface area contributed by atoms with E-state index in [-0.39, 0.29) is 5.56 Å². The van der Waals surface area contributed by atoms with E-state index in [1.165, 1.54) is 0 Å². The van der Waals surface area contributed by atoms with Crippen LogP contribution in [0.3, 0.4) is 0 Å². The van der Waals surface area contributed by atoms with Crippen LogP contribution >= 0.6 is 0 Å². The van der Waals surface area contributed by atoms with Gasteiger partial charge < -0.3 is 14.0 Å². The van der Waals surface area contributed by atoms with Gasteiger partial charge in [-0.25, -0.2) is 0 Å². The van der Waals surface area contributed by atoms with E-state index in [1.807, 2.05) is 41.0 Å². The van der Waals surface area contributed by atoms with Crippen molar-refractivity contribution in [1.29, 1.82) is 0 Å². The van der Waals surface area contributed by atoms with Gasteiger partial charge in [-0.2, -0.15) is 0 Å². The highest BCUT2D eigenvalue weighted by atomic mass is 16.5. The van der Waals surface area contributed by atoms with Crippen molar-refractivity contribution in [3.05, 3.63) is 81.6 Å². The highest BCUT2D eigenvalue weighted by Crippen LogP contribution is 2.36. The molecule has 0 atom stereocenters. The zero-order valence-corrected chi connectivity index (χ0v) is 16.6. The summed E-state index contributed by atoms with van der Waals surface area (Å²) in [6.45, 7) is 4.63. The van der Waals surface area contributed by atoms with Gasteiger partial charge in [-0.15, -0.1) is 0 Å². The van der Waals surface area contributed by atoms with Crippen LogP contribution < -0.4 is 15.0 Å². The van der Waals surface area contributed by atoms with E-state index in [2.05, 4.69) is 26.0 Å². The highest BCUT2D eigenvalue weighted by molar-refractivity contribution is 6.10. The zero-order chi connectivity index (χ0) is 19.8. The van der Waals surface area contributed by atoms with E-state index in [1.54, 1.807) is 20.3 Å². The molecular formula is C24H23NO3. The second kappa shape index (κ2) is 7.04. The molecule has 0 bridgehead atoms. The third-order valence-corrected chi connectivity index (χ3v) is 5.17. The van der Waals surface area contributed by atoms with Crippen molar-refractivity contribution in [2.24, 2.45) is 0 Å². The van der Waals surface area contributed by atoms with E-state index < -0.39 is 0 Å². The van der Waals surface area contributed by atoms with Crippen LogP contribution in [0.25, 0.3) is 21.7 Å². The molecule has 28 heavy (non-hydrogen) atoms. The molecule has 0 saturated heterocycles. The second-order valence-corrected chi connectivity index (χ2v) is 7.11. The Labute approximate surface area is 163 Å². The SMILES string of the molecule is COc1cc(OC)c2c(c1)c(=O)n(Cc1ccccc1)c1c(C)cc(C)cc21. The van der Waals surface area contributed by atoms with Crippen LogP contribution in [0, 0.1) is 13.8 Å². The number of nitrogens with zero attached hydrogens (tertiary/aromatic N) is 1. The number of aryl methyl sites for hydroxylation is 2. The number of benzene rings is 3. The largest absolute Gasteiger partial charge is 0.497 e. The van der Waals surface area contributed by atoms with Gasteiger partial charge in [-0.3, -0.25) is 4.79 Å². The predicted octanol–water partition coefficient (Wildman–Crippen LogP) is 4.84. The van der Waals surface area contributed by atoms with Crippen LogP contribution in [0.2, 0.25) is 0 Å². The van der Waals surface area contributed by atoms with Gasteiger partial charge in [0.05, 0.1) is 31.7 Å². The predicted molar refractivity (Wildman–Crippen MR) is 114 cm³/mol. The number of pyridine rings is 1. The Morgan fingerprint density at radius 2 is 1.64 bits per heavy atom. The molecule has 0 saturated carbocycles. The summed E-state index contributed by atoms with van der Waals surface area (Å²) in [5, 5.41) is 2.45. The Morgan fingerprint density at radius 3 is 2.32 bits per heavy atom. The van der Waals surface area contributed by atoms with Crippen LogP contribution in [0.1, 0.15) is 16.7 Å². The first-order valence-electron chi connectivity index (χ1n) is 9.27. The zero-order valence-electron chi connectivity index (χ0n) is 16.6. The molecular weight excluding hydrogens is 350 g/mol. The monoisotopic (exact) mass is 373 g/mol. The molecule has 0 unspecified atom stereocenters. The first-order chi connectivity index (χ1) is 13.5. The quantitative estimate of drug-likeness (QED) is 0.481. The number of fused-ring (bicyclic) bond motifs is 3. The van der Waals surface area contributed by atoms with E-state index >= 15 is 0 Å². The van der Waals surface area contributed by atoms with E-state index in [9.17, 15) is 4.79 Å². The van der Waals surface area contributed by atoms with Crippen molar-refractivity contribution in [3.63, 3.8) is 0 Å². The summed E-state index contributed by atoms with van der Waals surface area (Å²) < 4.78 is 12.9. The Kier molecular flexibility index (Phi) is 4.55. The van der Waals surface area contributed by atoms with Crippen molar-refractivity contribution < 1.29 is 9.47 Å². The van der Waals surface area contributed by atoms with Crippen molar-refractivity contribution in [3.8, 4) is 11.5 Å². The van der Waals surface area contributed by atoms with E-state index in [0.29, 0.717) is 23.4 Å². The number of hydrogen-bond donors (Lipinski definition) is 0. The fraction of sp³-hybridized carbons (Fsp3) is 0.208. The molecule has 0 radical (unpaired) electrons. The number of rotatable bonds is 4. The Hall–Kier alpha value is -3.27.